The van der Waals surface area contributed by atoms with Gasteiger partial charge in [-0.3, -0.25) is 0 Å². The van der Waals surface area contributed by atoms with Crippen molar-refractivity contribution in [3.8, 4) is 0 Å². The van der Waals surface area contributed by atoms with Crippen LogP contribution in [0.2, 0.25) is 0 Å². The highest BCUT2D eigenvalue weighted by molar-refractivity contribution is 6.01. The van der Waals surface area contributed by atoms with Crippen molar-refractivity contribution in [2.45, 2.75) is 33.0 Å². The highest BCUT2D eigenvalue weighted by Crippen LogP contribution is 2.04. The quantitative estimate of drug-likeness (QED) is 0.411. The molecule has 0 aromatic heterocycles. The van der Waals surface area contributed by atoms with Crippen molar-refractivity contribution in [3.63, 3.8) is 0 Å². The first-order valence-corrected chi connectivity index (χ1v) is 4.72. The summed E-state index contributed by atoms with van der Waals surface area (Å²) in [4.78, 5) is 22.3. The minimum atomic E-state index is -1.17. The molecular formula is C11H16O5. The Balaban J connectivity index is 4.51. The number of hydrogen-bond acceptors (Lipinski definition) is 5. The fourth-order valence-electron chi connectivity index (χ4n) is 0.715. The molecule has 0 saturated carbocycles. The summed E-state index contributed by atoms with van der Waals surface area (Å²) in [5, 5.41) is 18.2. The predicted octanol–water partition coefficient (Wildman–Crippen LogP) is 0.320. The van der Waals surface area contributed by atoms with E-state index in [4.69, 9.17) is 5.11 Å². The van der Waals surface area contributed by atoms with Crippen LogP contribution in [0, 0.1) is 0 Å². The summed E-state index contributed by atoms with van der Waals surface area (Å²) in [5.74, 6) is -1.68. The van der Waals surface area contributed by atoms with Gasteiger partial charge in [-0.05, 0) is 26.8 Å². The van der Waals surface area contributed by atoms with Crippen LogP contribution in [0.1, 0.15) is 20.8 Å². The second-order valence-corrected chi connectivity index (χ2v) is 3.54. The second kappa shape index (κ2) is 6.19. The summed E-state index contributed by atoms with van der Waals surface area (Å²) < 4.78 is 4.42. The molecule has 0 aromatic rings. The van der Waals surface area contributed by atoms with Crippen molar-refractivity contribution >= 4 is 11.9 Å². The van der Waals surface area contributed by atoms with Gasteiger partial charge in [-0.25, -0.2) is 9.59 Å². The molecule has 2 N–H and O–H groups in total. The van der Waals surface area contributed by atoms with E-state index in [1.165, 1.54) is 20.8 Å². The Kier molecular flexibility index (Phi) is 5.63. The zero-order valence-electron chi connectivity index (χ0n) is 9.56. The van der Waals surface area contributed by atoms with E-state index in [9.17, 15) is 14.7 Å². The SMILES string of the molecule is C=C(C)C(=O)OC(=O)C(C)=CC(O)C(C)O. The van der Waals surface area contributed by atoms with Crippen molar-refractivity contribution in [1.29, 1.82) is 0 Å². The largest absolute Gasteiger partial charge is 0.390 e. The lowest BCUT2D eigenvalue weighted by Gasteiger charge is -2.09. The van der Waals surface area contributed by atoms with E-state index in [0.29, 0.717) is 0 Å². The van der Waals surface area contributed by atoms with E-state index in [2.05, 4.69) is 11.3 Å². The first kappa shape index (κ1) is 14.5. The highest BCUT2D eigenvalue weighted by Gasteiger charge is 2.15. The summed E-state index contributed by atoms with van der Waals surface area (Å²) in [7, 11) is 0. The first-order chi connectivity index (χ1) is 7.25. The molecule has 0 aliphatic carbocycles. The van der Waals surface area contributed by atoms with Gasteiger partial charge < -0.3 is 14.9 Å². The Morgan fingerprint density at radius 3 is 2.12 bits per heavy atom. The molecule has 0 heterocycles. The number of esters is 2. The standard InChI is InChI=1S/C11H16O5/c1-6(2)10(14)16-11(15)7(3)5-9(13)8(4)12/h5,8-9,12-13H,1H2,2-4H3. The van der Waals surface area contributed by atoms with Gasteiger partial charge in [-0.15, -0.1) is 0 Å². The van der Waals surface area contributed by atoms with Crippen LogP contribution in [-0.2, 0) is 14.3 Å². The van der Waals surface area contributed by atoms with Gasteiger partial charge in [0.2, 0.25) is 0 Å². The van der Waals surface area contributed by atoms with Crippen LogP contribution in [0.4, 0.5) is 0 Å². The van der Waals surface area contributed by atoms with E-state index in [0.717, 1.165) is 6.08 Å². The molecule has 90 valence electrons. The molecule has 0 aromatic carbocycles. The third-order valence-corrected chi connectivity index (χ3v) is 1.77. The van der Waals surface area contributed by atoms with Crippen LogP contribution in [0.5, 0.6) is 0 Å². The summed E-state index contributed by atoms with van der Waals surface area (Å²) in [5.41, 5.74) is 0.153. The molecular weight excluding hydrogens is 212 g/mol. The third kappa shape index (κ3) is 4.86. The van der Waals surface area contributed by atoms with Gasteiger partial charge in [0.15, 0.2) is 0 Å². The first-order valence-electron chi connectivity index (χ1n) is 4.72. The molecule has 0 fully saturated rings. The Bertz CT molecular complexity index is 327. The van der Waals surface area contributed by atoms with Gasteiger partial charge >= 0.3 is 11.9 Å². The topological polar surface area (TPSA) is 83.8 Å². The lowest BCUT2D eigenvalue weighted by molar-refractivity contribution is -0.154. The summed E-state index contributed by atoms with van der Waals surface area (Å²) in [6.07, 6.45) is -1.05. The second-order valence-electron chi connectivity index (χ2n) is 3.54. The molecule has 5 heteroatoms. The van der Waals surface area contributed by atoms with Crippen LogP contribution in [-0.4, -0.2) is 34.4 Å². The average molecular weight is 228 g/mol. The van der Waals surface area contributed by atoms with Crippen molar-refractivity contribution in [2.75, 3.05) is 0 Å². The van der Waals surface area contributed by atoms with Crippen molar-refractivity contribution < 1.29 is 24.5 Å². The molecule has 0 bridgehead atoms. The summed E-state index contributed by atoms with van der Waals surface area (Å²) in [6, 6.07) is 0. The molecule has 0 aliphatic heterocycles. The van der Waals surface area contributed by atoms with Gasteiger partial charge in [0.25, 0.3) is 0 Å². The fraction of sp³-hybridized carbons (Fsp3) is 0.455. The Labute approximate surface area is 94.0 Å². The van der Waals surface area contributed by atoms with Crippen LogP contribution < -0.4 is 0 Å². The zero-order valence-corrected chi connectivity index (χ0v) is 9.56. The summed E-state index contributed by atoms with van der Waals surface area (Å²) >= 11 is 0. The van der Waals surface area contributed by atoms with Gasteiger partial charge in [0.05, 0.1) is 12.2 Å². The van der Waals surface area contributed by atoms with Gasteiger partial charge in [0, 0.05) is 11.1 Å². The van der Waals surface area contributed by atoms with Crippen LogP contribution in [0.25, 0.3) is 0 Å². The van der Waals surface area contributed by atoms with E-state index in [-0.39, 0.29) is 11.1 Å². The number of ether oxygens (including phenoxy) is 1. The normalized spacial score (nSPS) is 15.2. The van der Waals surface area contributed by atoms with Crippen molar-refractivity contribution in [1.82, 2.24) is 0 Å². The van der Waals surface area contributed by atoms with E-state index < -0.39 is 24.1 Å². The third-order valence-electron chi connectivity index (χ3n) is 1.77. The lowest BCUT2D eigenvalue weighted by Crippen LogP contribution is -2.22. The molecule has 0 rings (SSSR count). The molecule has 5 nitrogen and oxygen atoms in total. The Morgan fingerprint density at radius 2 is 1.75 bits per heavy atom. The zero-order chi connectivity index (χ0) is 12.9. The molecule has 0 aliphatic rings. The highest BCUT2D eigenvalue weighted by atomic mass is 16.6. The minimum Gasteiger partial charge on any atom is -0.390 e. The Hall–Kier alpha value is -1.46. The van der Waals surface area contributed by atoms with Crippen molar-refractivity contribution in [2.24, 2.45) is 0 Å². The fourth-order valence-corrected chi connectivity index (χ4v) is 0.715. The van der Waals surface area contributed by atoms with Gasteiger partial charge in [0.1, 0.15) is 0 Å². The summed E-state index contributed by atoms with van der Waals surface area (Å²) in [6.45, 7) is 7.49. The van der Waals surface area contributed by atoms with Crippen LogP contribution in [0.15, 0.2) is 23.8 Å². The number of hydrogen-bond donors (Lipinski definition) is 2. The monoisotopic (exact) mass is 228 g/mol. The minimum absolute atomic E-state index is 0.0444. The maximum Gasteiger partial charge on any atom is 0.341 e. The van der Waals surface area contributed by atoms with Crippen LogP contribution in [0.3, 0.4) is 0 Å². The predicted molar refractivity (Wildman–Crippen MR) is 57.4 cm³/mol. The number of carbonyl (C=O) groups is 2. The molecule has 0 amide bonds. The molecule has 2 atom stereocenters. The average Bonchev–Trinajstić information content (AvgIpc) is 2.16. The molecule has 0 saturated heterocycles. The molecule has 0 spiro atoms. The number of aliphatic hydroxyl groups is 2. The van der Waals surface area contributed by atoms with Crippen molar-refractivity contribution in [3.05, 3.63) is 23.8 Å². The van der Waals surface area contributed by atoms with Crippen LogP contribution >= 0.6 is 0 Å². The van der Waals surface area contributed by atoms with E-state index in [1.54, 1.807) is 0 Å². The lowest BCUT2D eigenvalue weighted by atomic mass is 10.1. The van der Waals surface area contributed by atoms with Gasteiger partial charge in [-0.1, -0.05) is 6.58 Å². The number of rotatable bonds is 4. The molecule has 16 heavy (non-hydrogen) atoms. The van der Waals surface area contributed by atoms with E-state index in [1.807, 2.05) is 0 Å². The smallest absolute Gasteiger partial charge is 0.341 e. The maximum absolute atomic E-state index is 11.3. The number of carbonyl (C=O) groups excluding carboxylic acids is 2. The number of aliphatic hydroxyl groups excluding tert-OH is 2. The molecule has 2 unspecified atom stereocenters. The van der Waals surface area contributed by atoms with Gasteiger partial charge in [-0.2, -0.15) is 0 Å². The molecule has 0 radical (unpaired) electrons. The maximum atomic E-state index is 11.3. The van der Waals surface area contributed by atoms with E-state index >= 15 is 0 Å². The Morgan fingerprint density at radius 1 is 1.25 bits per heavy atom.